The van der Waals surface area contributed by atoms with E-state index in [9.17, 15) is 13.2 Å². The van der Waals surface area contributed by atoms with Gasteiger partial charge < -0.3 is 5.73 Å². The first-order valence-electron chi connectivity index (χ1n) is 3.94. The van der Waals surface area contributed by atoms with E-state index in [4.69, 9.17) is 5.73 Å². The third-order valence-electron chi connectivity index (χ3n) is 1.58. The van der Waals surface area contributed by atoms with Crippen molar-refractivity contribution in [3.63, 3.8) is 0 Å². The Hall–Kier alpha value is -0.690. The van der Waals surface area contributed by atoms with Crippen molar-refractivity contribution in [2.45, 2.75) is 18.6 Å². The Morgan fingerprint density at radius 2 is 2.21 bits per heavy atom. The van der Waals surface area contributed by atoms with Crippen LogP contribution in [0.5, 0.6) is 0 Å². The van der Waals surface area contributed by atoms with E-state index < -0.39 is 5.51 Å². The van der Waals surface area contributed by atoms with Crippen LogP contribution in [-0.4, -0.2) is 21.0 Å². The number of hydrogen-bond acceptors (Lipinski definition) is 3. The SMILES string of the molecule is NCc1ccnn1CCSC(F)(F)F. The van der Waals surface area contributed by atoms with Crippen LogP contribution in [0.4, 0.5) is 13.2 Å². The van der Waals surface area contributed by atoms with Crippen molar-refractivity contribution >= 4 is 11.8 Å². The molecule has 0 amide bonds. The molecule has 1 heterocycles. The van der Waals surface area contributed by atoms with Crippen molar-refractivity contribution in [3.8, 4) is 0 Å². The summed E-state index contributed by atoms with van der Waals surface area (Å²) >= 11 is -0.0507. The quantitative estimate of drug-likeness (QED) is 0.846. The van der Waals surface area contributed by atoms with Gasteiger partial charge in [0.25, 0.3) is 0 Å². The fourth-order valence-corrected chi connectivity index (χ4v) is 1.48. The Kier molecular flexibility index (Phi) is 3.82. The normalized spacial score (nSPS) is 12.0. The highest BCUT2D eigenvalue weighted by Gasteiger charge is 2.27. The molecule has 0 aromatic carbocycles. The minimum atomic E-state index is -4.17. The molecule has 1 aromatic rings. The Labute approximate surface area is 83.5 Å². The molecule has 0 fully saturated rings. The van der Waals surface area contributed by atoms with E-state index in [1.54, 1.807) is 6.07 Å². The van der Waals surface area contributed by atoms with E-state index in [1.807, 2.05) is 0 Å². The second-order valence-corrected chi connectivity index (χ2v) is 3.70. The summed E-state index contributed by atoms with van der Waals surface area (Å²) in [4.78, 5) is 0. The minimum Gasteiger partial charge on any atom is -0.325 e. The molecule has 1 rings (SSSR count). The molecule has 0 bridgehead atoms. The summed E-state index contributed by atoms with van der Waals surface area (Å²) in [6, 6.07) is 1.69. The van der Waals surface area contributed by atoms with Crippen molar-refractivity contribution in [1.82, 2.24) is 9.78 Å². The average Bonchev–Trinajstić information content (AvgIpc) is 2.49. The topological polar surface area (TPSA) is 43.8 Å². The van der Waals surface area contributed by atoms with Gasteiger partial charge >= 0.3 is 5.51 Å². The predicted octanol–water partition coefficient (Wildman–Crippen LogP) is 1.59. The molecule has 0 aliphatic rings. The van der Waals surface area contributed by atoms with Crippen LogP contribution in [0.1, 0.15) is 5.69 Å². The summed E-state index contributed by atoms with van der Waals surface area (Å²) < 4.78 is 36.8. The van der Waals surface area contributed by atoms with E-state index in [0.29, 0.717) is 0 Å². The third-order valence-corrected chi connectivity index (χ3v) is 2.30. The lowest BCUT2D eigenvalue weighted by Crippen LogP contribution is -2.12. The average molecular weight is 225 g/mol. The number of nitrogens with zero attached hydrogens (tertiary/aromatic N) is 2. The predicted molar refractivity (Wildman–Crippen MR) is 48.6 cm³/mol. The van der Waals surface area contributed by atoms with Crippen LogP contribution in [0.15, 0.2) is 12.3 Å². The number of hydrogen-bond donors (Lipinski definition) is 1. The first kappa shape index (κ1) is 11.4. The molecule has 0 atom stereocenters. The van der Waals surface area contributed by atoms with Crippen LogP contribution in [0.25, 0.3) is 0 Å². The first-order valence-corrected chi connectivity index (χ1v) is 4.93. The minimum absolute atomic E-state index is 0.0435. The highest BCUT2D eigenvalue weighted by atomic mass is 32.2. The van der Waals surface area contributed by atoms with E-state index in [0.717, 1.165) is 5.69 Å². The third kappa shape index (κ3) is 3.59. The number of aryl methyl sites for hydroxylation is 1. The molecule has 1 aromatic heterocycles. The van der Waals surface area contributed by atoms with Gasteiger partial charge in [-0.15, -0.1) is 0 Å². The first-order chi connectivity index (χ1) is 6.53. The fraction of sp³-hybridized carbons (Fsp3) is 0.571. The zero-order valence-electron chi connectivity index (χ0n) is 7.29. The zero-order valence-corrected chi connectivity index (χ0v) is 8.11. The monoisotopic (exact) mass is 225 g/mol. The molecule has 0 aliphatic heterocycles. The Bertz CT molecular complexity index is 284. The number of thioether (sulfide) groups is 1. The molecule has 3 nitrogen and oxygen atoms in total. The van der Waals surface area contributed by atoms with Gasteiger partial charge in [0, 0.05) is 18.5 Å². The van der Waals surface area contributed by atoms with E-state index in [2.05, 4.69) is 5.10 Å². The molecule has 0 spiro atoms. The van der Waals surface area contributed by atoms with E-state index in [-0.39, 0.29) is 30.6 Å². The molecule has 80 valence electrons. The number of alkyl halides is 3. The number of nitrogens with two attached hydrogens (primary N) is 1. The van der Waals surface area contributed by atoms with E-state index >= 15 is 0 Å². The molecule has 2 N–H and O–H groups in total. The van der Waals surface area contributed by atoms with Crippen LogP contribution >= 0.6 is 11.8 Å². The lowest BCUT2D eigenvalue weighted by Gasteiger charge is -2.07. The van der Waals surface area contributed by atoms with Crippen LogP contribution in [0, 0.1) is 0 Å². The molecule has 0 saturated heterocycles. The van der Waals surface area contributed by atoms with Crippen LogP contribution in [-0.2, 0) is 13.1 Å². The molecular formula is C7H10F3N3S. The summed E-state index contributed by atoms with van der Waals surface area (Å²) in [6.07, 6.45) is 1.53. The molecule has 14 heavy (non-hydrogen) atoms. The molecule has 0 aliphatic carbocycles. The van der Waals surface area contributed by atoms with Crippen molar-refractivity contribution in [2.24, 2.45) is 5.73 Å². The Morgan fingerprint density at radius 3 is 2.79 bits per heavy atom. The van der Waals surface area contributed by atoms with Crippen molar-refractivity contribution in [2.75, 3.05) is 5.75 Å². The lowest BCUT2D eigenvalue weighted by molar-refractivity contribution is -0.0328. The highest BCUT2D eigenvalue weighted by Crippen LogP contribution is 2.29. The summed E-state index contributed by atoms with van der Waals surface area (Å²) in [5, 5.41) is 3.86. The second-order valence-electron chi connectivity index (χ2n) is 2.54. The van der Waals surface area contributed by atoms with Crippen LogP contribution in [0.3, 0.4) is 0 Å². The van der Waals surface area contributed by atoms with Crippen molar-refractivity contribution in [1.29, 1.82) is 0 Å². The van der Waals surface area contributed by atoms with Gasteiger partial charge in [0.2, 0.25) is 0 Å². The summed E-state index contributed by atoms with van der Waals surface area (Å²) in [6.45, 7) is 0.514. The van der Waals surface area contributed by atoms with Crippen LogP contribution in [0.2, 0.25) is 0 Å². The van der Waals surface area contributed by atoms with Crippen molar-refractivity contribution < 1.29 is 13.2 Å². The molecule has 0 unspecified atom stereocenters. The van der Waals surface area contributed by atoms with Gasteiger partial charge in [-0.3, -0.25) is 4.68 Å². The summed E-state index contributed by atoms with van der Waals surface area (Å²) in [7, 11) is 0. The summed E-state index contributed by atoms with van der Waals surface area (Å²) in [5.41, 5.74) is 1.94. The lowest BCUT2D eigenvalue weighted by atomic mass is 10.4. The number of rotatable bonds is 4. The zero-order chi connectivity index (χ0) is 10.6. The van der Waals surface area contributed by atoms with Gasteiger partial charge in [-0.1, -0.05) is 0 Å². The maximum absolute atomic E-state index is 11.8. The molecule has 7 heteroatoms. The Morgan fingerprint density at radius 1 is 1.50 bits per heavy atom. The number of aromatic nitrogens is 2. The van der Waals surface area contributed by atoms with Gasteiger partial charge in [-0.05, 0) is 17.8 Å². The van der Waals surface area contributed by atoms with Gasteiger partial charge in [0.1, 0.15) is 0 Å². The summed E-state index contributed by atoms with van der Waals surface area (Å²) in [5.74, 6) is -0.0435. The number of halogens is 3. The smallest absolute Gasteiger partial charge is 0.325 e. The molecular weight excluding hydrogens is 215 g/mol. The van der Waals surface area contributed by atoms with E-state index in [1.165, 1.54) is 10.9 Å². The molecule has 0 radical (unpaired) electrons. The maximum atomic E-state index is 11.8. The second kappa shape index (κ2) is 4.70. The standard InChI is InChI=1S/C7H10F3N3S/c8-7(9,10)14-4-3-13-6(5-11)1-2-12-13/h1-2H,3-5,11H2. The Balaban J connectivity index is 2.38. The van der Waals surface area contributed by atoms with Crippen LogP contribution < -0.4 is 5.73 Å². The fourth-order valence-electron chi connectivity index (χ4n) is 0.983. The largest absolute Gasteiger partial charge is 0.441 e. The van der Waals surface area contributed by atoms with Crippen molar-refractivity contribution in [3.05, 3.63) is 18.0 Å². The molecule has 0 saturated carbocycles. The highest BCUT2D eigenvalue weighted by molar-refractivity contribution is 8.00. The van der Waals surface area contributed by atoms with Gasteiger partial charge in [0.05, 0.1) is 12.2 Å². The van der Waals surface area contributed by atoms with Gasteiger partial charge in [-0.25, -0.2) is 0 Å². The van der Waals surface area contributed by atoms with Gasteiger partial charge in [-0.2, -0.15) is 18.3 Å². The van der Waals surface area contributed by atoms with Gasteiger partial charge in [0.15, 0.2) is 0 Å². The maximum Gasteiger partial charge on any atom is 0.441 e.